The van der Waals surface area contributed by atoms with E-state index < -0.39 is 0 Å². The topological polar surface area (TPSA) is 41.0 Å². The van der Waals surface area contributed by atoms with E-state index in [-0.39, 0.29) is 5.41 Å². The van der Waals surface area contributed by atoms with Crippen LogP contribution in [-0.2, 0) is 11.8 Å². The smallest absolute Gasteiger partial charge is 0.130 e. The molecule has 2 heterocycles. The van der Waals surface area contributed by atoms with Crippen LogP contribution in [0.4, 0.5) is 0 Å². The van der Waals surface area contributed by atoms with Crippen molar-refractivity contribution in [1.82, 2.24) is 20.2 Å². The van der Waals surface area contributed by atoms with Crippen molar-refractivity contribution in [1.29, 1.82) is 0 Å². The Bertz CT molecular complexity index is 397. The molecule has 1 aromatic heterocycles. The maximum absolute atomic E-state index is 4.69. The third-order valence-electron chi connectivity index (χ3n) is 3.36. The first kappa shape index (κ1) is 13.4. The van der Waals surface area contributed by atoms with Crippen LogP contribution >= 0.6 is 0 Å². The summed E-state index contributed by atoms with van der Waals surface area (Å²) in [6.45, 7) is 9.81. The van der Waals surface area contributed by atoms with E-state index in [4.69, 9.17) is 4.98 Å². The minimum Gasteiger partial charge on any atom is -0.311 e. The lowest BCUT2D eigenvalue weighted by Gasteiger charge is -2.30. The third kappa shape index (κ3) is 3.50. The molecule has 1 atom stereocenters. The lowest BCUT2D eigenvalue weighted by Crippen LogP contribution is -2.50. The molecule has 1 aliphatic heterocycles. The van der Waals surface area contributed by atoms with E-state index in [0.717, 1.165) is 37.6 Å². The highest BCUT2D eigenvalue weighted by Gasteiger charge is 2.20. The zero-order valence-electron chi connectivity index (χ0n) is 11.9. The van der Waals surface area contributed by atoms with E-state index in [2.05, 4.69) is 43.0 Å². The Morgan fingerprint density at radius 2 is 2.22 bits per heavy atom. The van der Waals surface area contributed by atoms with Gasteiger partial charge in [0.15, 0.2) is 0 Å². The standard InChI is InChI=1S/C14H24N4/c1-14(2,3)12-5-6-16-13(17-12)9-11-10-18(4)8-7-15-11/h5-6,11,15H,7-10H2,1-4H3. The number of nitrogens with zero attached hydrogens (tertiary/aromatic N) is 3. The molecule has 1 aromatic rings. The number of hydrogen-bond acceptors (Lipinski definition) is 4. The Hall–Kier alpha value is -1.00. The number of likely N-dealkylation sites (N-methyl/N-ethyl adjacent to an activating group) is 1. The maximum atomic E-state index is 4.69. The van der Waals surface area contributed by atoms with Gasteiger partial charge in [0.05, 0.1) is 0 Å². The van der Waals surface area contributed by atoms with Crippen LogP contribution in [0.15, 0.2) is 12.3 Å². The molecule has 1 aliphatic rings. The molecule has 18 heavy (non-hydrogen) atoms. The summed E-state index contributed by atoms with van der Waals surface area (Å²) in [5.41, 5.74) is 1.21. The van der Waals surface area contributed by atoms with Crippen molar-refractivity contribution in [2.45, 2.75) is 38.6 Å². The highest BCUT2D eigenvalue weighted by Crippen LogP contribution is 2.19. The lowest BCUT2D eigenvalue weighted by molar-refractivity contribution is 0.236. The molecule has 100 valence electrons. The predicted octanol–water partition coefficient (Wildman–Crippen LogP) is 1.22. The average Bonchev–Trinajstić information content (AvgIpc) is 2.28. The van der Waals surface area contributed by atoms with Crippen LogP contribution in [-0.4, -0.2) is 47.6 Å². The molecule has 1 fully saturated rings. The van der Waals surface area contributed by atoms with Gasteiger partial charge in [-0.15, -0.1) is 0 Å². The van der Waals surface area contributed by atoms with Gasteiger partial charge in [-0.05, 0) is 13.1 Å². The second kappa shape index (κ2) is 5.33. The van der Waals surface area contributed by atoms with Crippen molar-refractivity contribution in [3.05, 3.63) is 23.8 Å². The Morgan fingerprint density at radius 3 is 2.89 bits per heavy atom. The maximum Gasteiger partial charge on any atom is 0.130 e. The summed E-state index contributed by atoms with van der Waals surface area (Å²) in [4.78, 5) is 11.5. The predicted molar refractivity (Wildman–Crippen MR) is 73.7 cm³/mol. The first-order valence-corrected chi connectivity index (χ1v) is 6.69. The third-order valence-corrected chi connectivity index (χ3v) is 3.36. The Labute approximate surface area is 110 Å². The number of nitrogens with one attached hydrogen (secondary N) is 1. The summed E-state index contributed by atoms with van der Waals surface area (Å²) in [7, 11) is 2.17. The van der Waals surface area contributed by atoms with E-state index >= 15 is 0 Å². The van der Waals surface area contributed by atoms with Crippen LogP contribution in [0.5, 0.6) is 0 Å². The second-order valence-corrected chi connectivity index (χ2v) is 6.23. The van der Waals surface area contributed by atoms with Gasteiger partial charge in [0.1, 0.15) is 5.82 Å². The van der Waals surface area contributed by atoms with Crippen molar-refractivity contribution in [3.8, 4) is 0 Å². The first-order chi connectivity index (χ1) is 8.45. The molecule has 1 unspecified atom stereocenters. The Morgan fingerprint density at radius 1 is 1.44 bits per heavy atom. The van der Waals surface area contributed by atoms with Crippen LogP contribution in [0.3, 0.4) is 0 Å². The number of aromatic nitrogens is 2. The number of piperazine rings is 1. The fourth-order valence-electron chi connectivity index (χ4n) is 2.26. The molecule has 1 N–H and O–H groups in total. The largest absolute Gasteiger partial charge is 0.311 e. The fourth-order valence-corrected chi connectivity index (χ4v) is 2.26. The molecule has 0 amide bonds. The van der Waals surface area contributed by atoms with Crippen LogP contribution in [0, 0.1) is 0 Å². The minimum atomic E-state index is 0.0917. The summed E-state index contributed by atoms with van der Waals surface area (Å²) in [6, 6.07) is 2.49. The van der Waals surface area contributed by atoms with Crippen LogP contribution in [0.2, 0.25) is 0 Å². The van der Waals surface area contributed by atoms with Gasteiger partial charge in [-0.2, -0.15) is 0 Å². The van der Waals surface area contributed by atoms with Crippen molar-refractivity contribution >= 4 is 0 Å². The van der Waals surface area contributed by atoms with E-state index in [0.29, 0.717) is 6.04 Å². The molecule has 0 radical (unpaired) electrons. The summed E-state index contributed by atoms with van der Waals surface area (Å²) < 4.78 is 0. The van der Waals surface area contributed by atoms with Gasteiger partial charge in [0.2, 0.25) is 0 Å². The minimum absolute atomic E-state index is 0.0917. The average molecular weight is 248 g/mol. The van der Waals surface area contributed by atoms with Gasteiger partial charge >= 0.3 is 0 Å². The first-order valence-electron chi connectivity index (χ1n) is 6.69. The SMILES string of the molecule is CN1CCNC(Cc2nccc(C(C)(C)C)n2)C1. The fraction of sp³-hybridized carbons (Fsp3) is 0.714. The molecule has 2 rings (SSSR count). The van der Waals surface area contributed by atoms with Gasteiger partial charge in [0.25, 0.3) is 0 Å². The van der Waals surface area contributed by atoms with Crippen LogP contribution in [0.1, 0.15) is 32.3 Å². The molecule has 0 spiro atoms. The molecule has 0 aromatic carbocycles. The zero-order valence-corrected chi connectivity index (χ0v) is 11.9. The molecule has 0 saturated carbocycles. The molecule has 4 heteroatoms. The highest BCUT2D eigenvalue weighted by molar-refractivity contribution is 5.12. The monoisotopic (exact) mass is 248 g/mol. The second-order valence-electron chi connectivity index (χ2n) is 6.23. The molecule has 0 bridgehead atoms. The van der Waals surface area contributed by atoms with Crippen molar-refractivity contribution < 1.29 is 0 Å². The zero-order chi connectivity index (χ0) is 13.2. The van der Waals surface area contributed by atoms with Crippen LogP contribution in [0.25, 0.3) is 0 Å². The summed E-state index contributed by atoms with van der Waals surface area (Å²) in [5, 5.41) is 3.53. The summed E-state index contributed by atoms with van der Waals surface area (Å²) in [5.74, 6) is 0.954. The number of rotatable bonds is 2. The lowest BCUT2D eigenvalue weighted by atomic mass is 9.92. The van der Waals surface area contributed by atoms with Crippen molar-refractivity contribution in [2.24, 2.45) is 0 Å². The Kier molecular flexibility index (Phi) is 3.97. The van der Waals surface area contributed by atoms with E-state index in [9.17, 15) is 0 Å². The normalized spacial score (nSPS) is 22.1. The van der Waals surface area contributed by atoms with Crippen molar-refractivity contribution in [3.63, 3.8) is 0 Å². The van der Waals surface area contributed by atoms with Gasteiger partial charge in [-0.25, -0.2) is 9.97 Å². The molecular weight excluding hydrogens is 224 g/mol. The highest BCUT2D eigenvalue weighted by atomic mass is 15.2. The van der Waals surface area contributed by atoms with Crippen molar-refractivity contribution in [2.75, 3.05) is 26.7 Å². The van der Waals surface area contributed by atoms with E-state index in [1.165, 1.54) is 0 Å². The van der Waals surface area contributed by atoms with Crippen LogP contribution < -0.4 is 5.32 Å². The molecule has 0 aliphatic carbocycles. The summed E-state index contributed by atoms with van der Waals surface area (Å²) in [6.07, 6.45) is 2.80. The molecule has 4 nitrogen and oxygen atoms in total. The van der Waals surface area contributed by atoms with Gasteiger partial charge < -0.3 is 10.2 Å². The number of hydrogen-bond donors (Lipinski definition) is 1. The quantitative estimate of drug-likeness (QED) is 0.854. The Balaban J connectivity index is 2.05. The van der Waals surface area contributed by atoms with Gasteiger partial charge in [-0.1, -0.05) is 20.8 Å². The molecular formula is C14H24N4. The van der Waals surface area contributed by atoms with Gasteiger partial charge in [-0.3, -0.25) is 0 Å². The molecule has 1 saturated heterocycles. The summed E-state index contributed by atoms with van der Waals surface area (Å²) >= 11 is 0. The van der Waals surface area contributed by atoms with E-state index in [1.807, 2.05) is 12.3 Å². The van der Waals surface area contributed by atoms with E-state index in [1.54, 1.807) is 0 Å². The van der Waals surface area contributed by atoms with Gasteiger partial charge in [0, 0.05) is 49.4 Å².